The topological polar surface area (TPSA) is 81.4 Å². The molecule has 0 unspecified atom stereocenters. The van der Waals surface area contributed by atoms with Gasteiger partial charge in [0.15, 0.2) is 0 Å². The first-order valence-electron chi connectivity index (χ1n) is 4.69. The van der Waals surface area contributed by atoms with Gasteiger partial charge >= 0.3 is 6.61 Å². The number of alkyl halides is 2. The van der Waals surface area contributed by atoms with E-state index in [-0.39, 0.29) is 23.7 Å². The van der Waals surface area contributed by atoms with Gasteiger partial charge in [-0.2, -0.15) is 8.78 Å². The van der Waals surface area contributed by atoms with Gasteiger partial charge in [-0.3, -0.25) is 4.72 Å². The minimum Gasteiger partial charge on any atom is -0.433 e. The quantitative estimate of drug-likeness (QED) is 0.804. The molecule has 1 rings (SSSR count). The third-order valence-electron chi connectivity index (χ3n) is 1.76. The zero-order chi connectivity index (χ0) is 12.9. The molecule has 0 spiro atoms. The molecule has 3 N–H and O–H groups in total. The average molecular weight is 266 g/mol. The molecule has 0 aromatic heterocycles. The number of benzene rings is 1. The predicted octanol–water partition coefficient (Wildman–Crippen LogP) is 0.988. The Balaban J connectivity index is 2.90. The van der Waals surface area contributed by atoms with Crippen molar-refractivity contribution in [2.24, 2.45) is 5.73 Å². The Morgan fingerprint density at radius 1 is 1.35 bits per heavy atom. The Labute approximate surface area is 97.6 Å². The Bertz CT molecular complexity index is 465. The van der Waals surface area contributed by atoms with E-state index in [1.165, 1.54) is 24.3 Å². The molecule has 0 bridgehead atoms. The number of anilines is 1. The lowest BCUT2D eigenvalue weighted by atomic mass is 10.3. The number of halogens is 2. The molecule has 0 saturated carbocycles. The van der Waals surface area contributed by atoms with Gasteiger partial charge in [0.2, 0.25) is 10.0 Å². The van der Waals surface area contributed by atoms with Crippen LogP contribution in [-0.2, 0) is 10.0 Å². The molecule has 0 aliphatic rings. The van der Waals surface area contributed by atoms with Crippen LogP contribution in [0.3, 0.4) is 0 Å². The van der Waals surface area contributed by atoms with Gasteiger partial charge in [0.05, 0.1) is 11.4 Å². The number of nitrogens with one attached hydrogen (secondary N) is 1. The maximum atomic E-state index is 12.1. The monoisotopic (exact) mass is 266 g/mol. The summed E-state index contributed by atoms with van der Waals surface area (Å²) in [6, 6.07) is 5.52. The summed E-state index contributed by atoms with van der Waals surface area (Å²) in [6.45, 7) is -3.08. The average Bonchev–Trinajstić information content (AvgIpc) is 2.19. The van der Waals surface area contributed by atoms with Crippen LogP contribution in [0.25, 0.3) is 0 Å². The molecule has 0 aliphatic carbocycles. The molecule has 0 amide bonds. The SMILES string of the molecule is NCCS(=O)(=O)Nc1ccccc1OC(F)F. The fraction of sp³-hybridized carbons (Fsp3) is 0.333. The van der Waals surface area contributed by atoms with Gasteiger partial charge in [0, 0.05) is 6.54 Å². The molecule has 0 saturated heterocycles. The van der Waals surface area contributed by atoms with E-state index in [0.29, 0.717) is 0 Å². The van der Waals surface area contributed by atoms with Crippen molar-refractivity contribution in [2.75, 3.05) is 17.0 Å². The molecular formula is C9H12F2N2O3S. The number of nitrogens with two attached hydrogens (primary N) is 1. The second-order valence-electron chi connectivity index (χ2n) is 3.08. The largest absolute Gasteiger partial charge is 0.433 e. The second kappa shape index (κ2) is 5.78. The molecule has 96 valence electrons. The zero-order valence-corrected chi connectivity index (χ0v) is 9.58. The highest BCUT2D eigenvalue weighted by Crippen LogP contribution is 2.26. The highest BCUT2D eigenvalue weighted by molar-refractivity contribution is 7.92. The molecular weight excluding hydrogens is 254 g/mol. The van der Waals surface area contributed by atoms with Crippen molar-refractivity contribution in [3.63, 3.8) is 0 Å². The van der Waals surface area contributed by atoms with Crippen molar-refractivity contribution in [3.05, 3.63) is 24.3 Å². The van der Waals surface area contributed by atoms with Crippen molar-refractivity contribution in [1.29, 1.82) is 0 Å². The van der Waals surface area contributed by atoms with E-state index in [2.05, 4.69) is 9.46 Å². The highest BCUT2D eigenvalue weighted by atomic mass is 32.2. The van der Waals surface area contributed by atoms with E-state index in [1.54, 1.807) is 0 Å². The minimum atomic E-state index is -3.64. The number of hydrogen-bond acceptors (Lipinski definition) is 4. The van der Waals surface area contributed by atoms with Crippen molar-refractivity contribution < 1.29 is 21.9 Å². The highest BCUT2D eigenvalue weighted by Gasteiger charge is 2.14. The van der Waals surface area contributed by atoms with Gasteiger partial charge in [-0.25, -0.2) is 8.42 Å². The molecule has 17 heavy (non-hydrogen) atoms. The van der Waals surface area contributed by atoms with Crippen LogP contribution in [0.4, 0.5) is 14.5 Å². The van der Waals surface area contributed by atoms with Crippen molar-refractivity contribution >= 4 is 15.7 Å². The van der Waals surface area contributed by atoms with Crippen molar-refractivity contribution in [3.8, 4) is 5.75 Å². The number of sulfonamides is 1. The van der Waals surface area contributed by atoms with Crippen molar-refractivity contribution in [1.82, 2.24) is 0 Å². The van der Waals surface area contributed by atoms with E-state index >= 15 is 0 Å². The van der Waals surface area contributed by atoms with E-state index in [0.717, 1.165) is 0 Å². The standard InChI is InChI=1S/C9H12F2N2O3S/c10-9(11)16-8-4-2-1-3-7(8)13-17(14,15)6-5-12/h1-4,9,13H,5-6,12H2. The molecule has 0 radical (unpaired) electrons. The van der Waals surface area contributed by atoms with Crippen LogP contribution in [0, 0.1) is 0 Å². The maximum absolute atomic E-state index is 12.1. The lowest BCUT2D eigenvalue weighted by molar-refractivity contribution is -0.0493. The van der Waals surface area contributed by atoms with Crippen LogP contribution in [0.1, 0.15) is 0 Å². The summed E-state index contributed by atoms with van der Waals surface area (Å²) < 4.78 is 53.2. The number of para-hydroxylation sites is 2. The van der Waals surface area contributed by atoms with Gasteiger partial charge in [0.25, 0.3) is 0 Å². The van der Waals surface area contributed by atoms with Gasteiger partial charge in [-0.1, -0.05) is 12.1 Å². The smallest absolute Gasteiger partial charge is 0.387 e. The van der Waals surface area contributed by atoms with Gasteiger partial charge in [-0.05, 0) is 12.1 Å². The third kappa shape index (κ3) is 4.53. The van der Waals surface area contributed by atoms with Crippen molar-refractivity contribution in [2.45, 2.75) is 6.61 Å². The third-order valence-corrected chi connectivity index (χ3v) is 3.06. The molecule has 5 nitrogen and oxygen atoms in total. The van der Waals surface area contributed by atoms with Crippen LogP contribution in [0.5, 0.6) is 5.75 Å². The van der Waals surface area contributed by atoms with Gasteiger partial charge in [0.1, 0.15) is 5.75 Å². The van der Waals surface area contributed by atoms with E-state index < -0.39 is 16.6 Å². The molecule has 0 atom stereocenters. The minimum absolute atomic E-state index is 0.0405. The van der Waals surface area contributed by atoms with E-state index in [4.69, 9.17) is 5.73 Å². The van der Waals surface area contributed by atoms with E-state index in [9.17, 15) is 17.2 Å². The van der Waals surface area contributed by atoms with Crippen LogP contribution in [-0.4, -0.2) is 27.3 Å². The zero-order valence-electron chi connectivity index (χ0n) is 8.77. The Morgan fingerprint density at radius 3 is 2.59 bits per heavy atom. The maximum Gasteiger partial charge on any atom is 0.387 e. The molecule has 0 fully saturated rings. The molecule has 8 heteroatoms. The fourth-order valence-electron chi connectivity index (χ4n) is 1.12. The summed E-state index contributed by atoms with van der Waals surface area (Å²) in [5.74, 6) is -0.529. The van der Waals surface area contributed by atoms with Crippen LogP contribution >= 0.6 is 0 Å². The first-order chi connectivity index (χ1) is 7.94. The molecule has 1 aromatic carbocycles. The Hall–Kier alpha value is -1.41. The Kier molecular flexibility index (Phi) is 4.64. The van der Waals surface area contributed by atoms with Gasteiger partial charge < -0.3 is 10.5 Å². The summed E-state index contributed by atoms with van der Waals surface area (Å²) in [4.78, 5) is 0. The predicted molar refractivity (Wildman–Crippen MR) is 59.5 cm³/mol. The normalized spacial score (nSPS) is 11.5. The first kappa shape index (κ1) is 13.7. The lowest BCUT2D eigenvalue weighted by Crippen LogP contribution is -2.22. The molecule has 0 aliphatic heterocycles. The summed E-state index contributed by atoms with van der Waals surface area (Å²) >= 11 is 0. The fourth-order valence-corrected chi connectivity index (χ4v) is 2.04. The molecule has 1 aromatic rings. The second-order valence-corrected chi connectivity index (χ2v) is 4.93. The van der Waals surface area contributed by atoms with Crippen LogP contribution < -0.4 is 15.2 Å². The van der Waals surface area contributed by atoms with Crippen LogP contribution in [0.2, 0.25) is 0 Å². The lowest BCUT2D eigenvalue weighted by Gasteiger charge is -2.12. The first-order valence-corrected chi connectivity index (χ1v) is 6.34. The number of hydrogen-bond donors (Lipinski definition) is 2. The summed E-state index contributed by atoms with van der Waals surface area (Å²) in [5, 5.41) is 0. The number of ether oxygens (including phenoxy) is 1. The number of rotatable bonds is 6. The summed E-state index contributed by atoms with van der Waals surface area (Å²) in [7, 11) is -3.64. The van der Waals surface area contributed by atoms with Gasteiger partial charge in [-0.15, -0.1) is 0 Å². The molecule has 0 heterocycles. The summed E-state index contributed by atoms with van der Waals surface area (Å²) in [6.07, 6.45) is 0. The van der Waals surface area contributed by atoms with E-state index in [1.807, 2.05) is 0 Å². The van der Waals surface area contributed by atoms with Crippen LogP contribution in [0.15, 0.2) is 24.3 Å². The summed E-state index contributed by atoms with van der Waals surface area (Å²) in [5.41, 5.74) is 5.08. The Morgan fingerprint density at radius 2 is 2.00 bits per heavy atom.